The lowest BCUT2D eigenvalue weighted by Crippen LogP contribution is -2.13. The number of aromatic nitrogens is 1. The lowest BCUT2D eigenvalue weighted by Gasteiger charge is -2.20. The molecule has 5 heteroatoms. The Bertz CT molecular complexity index is 697. The first-order valence-corrected chi connectivity index (χ1v) is 5.84. The Labute approximate surface area is 116 Å². The van der Waals surface area contributed by atoms with E-state index >= 15 is 0 Å². The van der Waals surface area contributed by atoms with Gasteiger partial charge in [-0.2, -0.15) is 10.5 Å². The molecule has 0 spiro atoms. The van der Waals surface area contributed by atoms with Gasteiger partial charge in [-0.15, -0.1) is 0 Å². The van der Waals surface area contributed by atoms with Gasteiger partial charge < -0.3 is 4.90 Å². The summed E-state index contributed by atoms with van der Waals surface area (Å²) in [6, 6.07) is 12.8. The van der Waals surface area contributed by atoms with Crippen molar-refractivity contribution in [2.45, 2.75) is 0 Å². The molecule has 0 aliphatic carbocycles. The van der Waals surface area contributed by atoms with Gasteiger partial charge in [-0.05, 0) is 18.2 Å². The molecule has 1 heterocycles. The van der Waals surface area contributed by atoms with Gasteiger partial charge in [0, 0.05) is 13.2 Å². The summed E-state index contributed by atoms with van der Waals surface area (Å²) in [4.78, 5) is 5.87. The van der Waals surface area contributed by atoms with Crippen LogP contribution in [0.3, 0.4) is 0 Å². The molecular weight excluding hydrogens is 260 g/mol. The number of halogens is 1. The van der Waals surface area contributed by atoms with Crippen LogP contribution in [0.1, 0.15) is 11.1 Å². The highest BCUT2D eigenvalue weighted by molar-refractivity contribution is 6.34. The van der Waals surface area contributed by atoms with Crippen molar-refractivity contribution in [1.29, 1.82) is 10.5 Å². The van der Waals surface area contributed by atoms with E-state index in [2.05, 4.69) is 11.1 Å². The zero-order valence-electron chi connectivity index (χ0n) is 10.1. The monoisotopic (exact) mass is 268 g/mol. The standard InChI is InChI=1S/C14H9ClN4/c1-19(12-5-3-2-4-10(12)8-16)14-13(15)11(9-17)6-7-18-14/h2-7H,1H3. The average molecular weight is 269 g/mol. The van der Waals surface area contributed by atoms with Crippen molar-refractivity contribution in [2.24, 2.45) is 0 Å². The highest BCUT2D eigenvalue weighted by Crippen LogP contribution is 2.32. The molecule has 1 aromatic heterocycles. The Morgan fingerprint density at radius 1 is 1.11 bits per heavy atom. The topological polar surface area (TPSA) is 63.7 Å². The van der Waals surface area contributed by atoms with E-state index in [1.807, 2.05) is 12.1 Å². The van der Waals surface area contributed by atoms with Gasteiger partial charge in [-0.1, -0.05) is 23.7 Å². The number of hydrogen-bond donors (Lipinski definition) is 0. The average Bonchev–Trinajstić information content (AvgIpc) is 2.46. The summed E-state index contributed by atoms with van der Waals surface area (Å²) in [5, 5.41) is 18.3. The molecule has 0 atom stereocenters. The van der Waals surface area contributed by atoms with Crippen molar-refractivity contribution in [3.63, 3.8) is 0 Å². The van der Waals surface area contributed by atoms with E-state index in [1.165, 1.54) is 6.20 Å². The molecule has 0 amide bonds. The first-order chi connectivity index (χ1) is 9.19. The van der Waals surface area contributed by atoms with E-state index in [0.29, 0.717) is 22.6 Å². The zero-order chi connectivity index (χ0) is 13.8. The molecule has 19 heavy (non-hydrogen) atoms. The smallest absolute Gasteiger partial charge is 0.152 e. The minimum Gasteiger partial charge on any atom is -0.327 e. The van der Waals surface area contributed by atoms with Gasteiger partial charge in [0.15, 0.2) is 5.82 Å². The minimum absolute atomic E-state index is 0.278. The van der Waals surface area contributed by atoms with Crippen LogP contribution in [0.5, 0.6) is 0 Å². The summed E-state index contributed by atoms with van der Waals surface area (Å²) in [6.45, 7) is 0. The van der Waals surface area contributed by atoms with Gasteiger partial charge >= 0.3 is 0 Å². The second kappa shape index (κ2) is 5.39. The molecule has 0 aliphatic heterocycles. The van der Waals surface area contributed by atoms with E-state index in [-0.39, 0.29) is 5.02 Å². The van der Waals surface area contributed by atoms with Gasteiger partial charge in [0.05, 0.1) is 16.8 Å². The molecule has 0 unspecified atom stereocenters. The van der Waals surface area contributed by atoms with Crippen LogP contribution in [0.2, 0.25) is 5.02 Å². The van der Waals surface area contributed by atoms with Crippen LogP contribution in [0.4, 0.5) is 11.5 Å². The normalized spacial score (nSPS) is 9.47. The Morgan fingerprint density at radius 3 is 2.47 bits per heavy atom. The maximum absolute atomic E-state index is 9.10. The molecule has 0 fully saturated rings. The summed E-state index contributed by atoms with van der Waals surface area (Å²) >= 11 is 6.14. The number of nitriles is 2. The fraction of sp³-hybridized carbons (Fsp3) is 0.0714. The number of rotatable bonds is 2. The molecule has 0 saturated heterocycles. The van der Waals surface area contributed by atoms with E-state index in [4.69, 9.17) is 22.1 Å². The number of anilines is 2. The maximum atomic E-state index is 9.10. The number of hydrogen-bond acceptors (Lipinski definition) is 4. The van der Waals surface area contributed by atoms with Crippen LogP contribution < -0.4 is 4.90 Å². The fourth-order valence-electron chi connectivity index (χ4n) is 1.73. The van der Waals surface area contributed by atoms with E-state index in [9.17, 15) is 0 Å². The molecule has 0 aliphatic rings. The molecule has 2 rings (SSSR count). The third-order valence-corrected chi connectivity index (χ3v) is 3.07. The van der Waals surface area contributed by atoms with Crippen molar-refractivity contribution in [2.75, 3.05) is 11.9 Å². The summed E-state index contributed by atoms with van der Waals surface area (Å²) in [5.41, 5.74) is 1.56. The second-order valence-corrected chi connectivity index (χ2v) is 4.17. The zero-order valence-corrected chi connectivity index (χ0v) is 10.9. The molecule has 0 bridgehead atoms. The minimum atomic E-state index is 0.278. The largest absolute Gasteiger partial charge is 0.327 e. The predicted octanol–water partition coefficient (Wildman–Crippen LogP) is 3.25. The highest BCUT2D eigenvalue weighted by atomic mass is 35.5. The Balaban J connectivity index is 2.55. The molecule has 0 radical (unpaired) electrons. The number of benzene rings is 1. The Kier molecular flexibility index (Phi) is 3.66. The molecule has 0 saturated carbocycles. The van der Waals surface area contributed by atoms with Crippen molar-refractivity contribution < 1.29 is 0 Å². The second-order valence-electron chi connectivity index (χ2n) is 3.80. The van der Waals surface area contributed by atoms with Crippen LogP contribution in [-0.4, -0.2) is 12.0 Å². The number of pyridine rings is 1. The first-order valence-electron chi connectivity index (χ1n) is 5.46. The van der Waals surface area contributed by atoms with Gasteiger partial charge in [-0.3, -0.25) is 0 Å². The molecule has 4 nitrogen and oxygen atoms in total. The fourth-order valence-corrected chi connectivity index (χ4v) is 2.01. The Morgan fingerprint density at radius 2 is 1.79 bits per heavy atom. The van der Waals surface area contributed by atoms with Crippen molar-refractivity contribution in [3.8, 4) is 12.1 Å². The number of nitrogens with zero attached hydrogens (tertiary/aromatic N) is 4. The van der Waals surface area contributed by atoms with E-state index in [1.54, 1.807) is 36.2 Å². The maximum Gasteiger partial charge on any atom is 0.152 e. The van der Waals surface area contributed by atoms with Crippen molar-refractivity contribution in [3.05, 3.63) is 52.7 Å². The summed E-state index contributed by atoms with van der Waals surface area (Å²) in [6.07, 6.45) is 1.52. The van der Waals surface area contributed by atoms with E-state index in [0.717, 1.165) is 0 Å². The molecular formula is C14H9ClN4. The van der Waals surface area contributed by atoms with Gasteiger partial charge in [0.1, 0.15) is 17.2 Å². The van der Waals surface area contributed by atoms with Crippen LogP contribution in [0, 0.1) is 22.7 Å². The third-order valence-electron chi connectivity index (χ3n) is 2.69. The van der Waals surface area contributed by atoms with Gasteiger partial charge in [0.2, 0.25) is 0 Å². The summed E-state index contributed by atoms with van der Waals surface area (Å²) < 4.78 is 0. The lowest BCUT2D eigenvalue weighted by atomic mass is 10.1. The summed E-state index contributed by atoms with van der Waals surface area (Å²) in [7, 11) is 1.76. The SMILES string of the molecule is CN(c1ccccc1C#N)c1nccc(C#N)c1Cl. The number of para-hydroxylation sites is 1. The molecule has 1 aromatic carbocycles. The van der Waals surface area contributed by atoms with Crippen LogP contribution in [-0.2, 0) is 0 Å². The molecule has 2 aromatic rings. The van der Waals surface area contributed by atoms with E-state index < -0.39 is 0 Å². The summed E-state index contributed by atoms with van der Waals surface area (Å²) in [5.74, 6) is 0.448. The van der Waals surface area contributed by atoms with Gasteiger partial charge in [0.25, 0.3) is 0 Å². The highest BCUT2D eigenvalue weighted by Gasteiger charge is 2.15. The van der Waals surface area contributed by atoms with Crippen molar-refractivity contribution in [1.82, 2.24) is 4.98 Å². The van der Waals surface area contributed by atoms with Crippen LogP contribution in [0.15, 0.2) is 36.5 Å². The Hall–Kier alpha value is -2.56. The van der Waals surface area contributed by atoms with Crippen molar-refractivity contribution >= 4 is 23.1 Å². The third kappa shape index (κ3) is 2.35. The predicted molar refractivity (Wildman–Crippen MR) is 73.2 cm³/mol. The first kappa shape index (κ1) is 12.9. The molecule has 92 valence electrons. The lowest BCUT2D eigenvalue weighted by molar-refractivity contribution is 1.12. The van der Waals surface area contributed by atoms with Gasteiger partial charge in [-0.25, -0.2) is 4.98 Å². The van der Waals surface area contributed by atoms with Crippen LogP contribution in [0.25, 0.3) is 0 Å². The van der Waals surface area contributed by atoms with Crippen LogP contribution >= 0.6 is 11.6 Å². The quantitative estimate of drug-likeness (QED) is 0.839. The molecule has 0 N–H and O–H groups in total.